The quantitative estimate of drug-likeness (QED) is 0.747. The van der Waals surface area contributed by atoms with Gasteiger partial charge >= 0.3 is 5.69 Å². The summed E-state index contributed by atoms with van der Waals surface area (Å²) in [6, 6.07) is 14.4. The van der Waals surface area contributed by atoms with E-state index in [1.54, 1.807) is 30.3 Å². The van der Waals surface area contributed by atoms with Crippen molar-refractivity contribution in [1.29, 1.82) is 0 Å². The lowest BCUT2D eigenvalue weighted by Crippen LogP contribution is -2.29. The van der Waals surface area contributed by atoms with Crippen molar-refractivity contribution in [3.63, 3.8) is 0 Å². The Hall–Kier alpha value is -2.93. The molecule has 134 valence electrons. The van der Waals surface area contributed by atoms with Crippen molar-refractivity contribution >= 4 is 23.2 Å². The first-order valence-electron chi connectivity index (χ1n) is 8.13. The standard InChI is InChI=1S/C18H18ClN5O2/c1-12(2)13-6-5-7-14(10-13)20-17(25)11-23-18(26)24(22-21-23)16-9-4-3-8-15(16)19/h3-10,12H,11H2,1-2H3,(H,20,25). The van der Waals surface area contributed by atoms with Gasteiger partial charge in [-0.1, -0.05) is 49.7 Å². The molecule has 0 aliphatic rings. The molecule has 7 nitrogen and oxygen atoms in total. The van der Waals surface area contributed by atoms with E-state index < -0.39 is 5.69 Å². The summed E-state index contributed by atoms with van der Waals surface area (Å²) >= 11 is 6.08. The van der Waals surface area contributed by atoms with Gasteiger partial charge in [0.05, 0.1) is 10.7 Å². The van der Waals surface area contributed by atoms with E-state index in [2.05, 4.69) is 29.6 Å². The number of nitrogens with one attached hydrogen (secondary N) is 1. The number of amides is 1. The van der Waals surface area contributed by atoms with Gasteiger partial charge in [-0.2, -0.15) is 9.36 Å². The Bertz CT molecular complexity index is 993. The molecule has 0 bridgehead atoms. The summed E-state index contributed by atoms with van der Waals surface area (Å²) in [5, 5.41) is 10.7. The summed E-state index contributed by atoms with van der Waals surface area (Å²) in [4.78, 5) is 24.7. The highest BCUT2D eigenvalue weighted by molar-refractivity contribution is 6.32. The second-order valence-corrected chi connectivity index (χ2v) is 6.52. The Labute approximate surface area is 155 Å². The molecule has 1 N–H and O–H groups in total. The van der Waals surface area contributed by atoms with Gasteiger partial charge in [0.2, 0.25) is 5.91 Å². The molecule has 0 unspecified atom stereocenters. The lowest BCUT2D eigenvalue weighted by Gasteiger charge is -2.09. The van der Waals surface area contributed by atoms with Crippen molar-refractivity contribution in [1.82, 2.24) is 19.8 Å². The van der Waals surface area contributed by atoms with Gasteiger partial charge in [0.1, 0.15) is 6.54 Å². The fraction of sp³-hybridized carbons (Fsp3) is 0.222. The third-order valence-electron chi connectivity index (χ3n) is 3.85. The van der Waals surface area contributed by atoms with Crippen molar-refractivity contribution in [2.45, 2.75) is 26.3 Å². The van der Waals surface area contributed by atoms with Crippen LogP contribution in [0.25, 0.3) is 5.69 Å². The van der Waals surface area contributed by atoms with E-state index in [0.717, 1.165) is 14.9 Å². The van der Waals surface area contributed by atoms with E-state index in [1.165, 1.54) is 0 Å². The predicted molar refractivity (Wildman–Crippen MR) is 99.8 cm³/mol. The normalized spacial score (nSPS) is 10.9. The fourth-order valence-corrected chi connectivity index (χ4v) is 2.68. The van der Waals surface area contributed by atoms with Gasteiger partial charge in [-0.3, -0.25) is 4.79 Å². The van der Waals surface area contributed by atoms with Crippen LogP contribution >= 0.6 is 11.6 Å². The molecule has 0 atom stereocenters. The molecule has 0 spiro atoms. The molecule has 1 heterocycles. The van der Waals surface area contributed by atoms with Crippen LogP contribution in [0.1, 0.15) is 25.3 Å². The molecular weight excluding hydrogens is 354 g/mol. The third kappa shape index (κ3) is 3.83. The first-order valence-corrected chi connectivity index (χ1v) is 8.51. The number of para-hydroxylation sites is 1. The minimum atomic E-state index is -0.538. The number of benzene rings is 2. The molecular formula is C18H18ClN5O2. The first kappa shape index (κ1) is 17.9. The molecule has 0 saturated carbocycles. The van der Waals surface area contributed by atoms with Crippen LogP contribution in [0, 0.1) is 0 Å². The number of carbonyl (C=O) groups is 1. The van der Waals surface area contributed by atoms with E-state index in [9.17, 15) is 9.59 Å². The van der Waals surface area contributed by atoms with Crippen LogP contribution in [-0.2, 0) is 11.3 Å². The smallest absolute Gasteiger partial charge is 0.324 e. The van der Waals surface area contributed by atoms with Gasteiger partial charge in [-0.15, -0.1) is 0 Å². The minimum absolute atomic E-state index is 0.241. The lowest BCUT2D eigenvalue weighted by molar-refractivity contribution is -0.117. The number of aromatic nitrogens is 4. The minimum Gasteiger partial charge on any atom is -0.324 e. The van der Waals surface area contributed by atoms with Crippen molar-refractivity contribution in [2.75, 3.05) is 5.32 Å². The summed E-state index contributed by atoms with van der Waals surface area (Å²) in [6.07, 6.45) is 0. The van der Waals surface area contributed by atoms with Crippen molar-refractivity contribution < 1.29 is 4.79 Å². The maximum Gasteiger partial charge on any atom is 0.369 e. The zero-order valence-electron chi connectivity index (χ0n) is 14.4. The number of tetrazole rings is 1. The summed E-state index contributed by atoms with van der Waals surface area (Å²) in [6.45, 7) is 3.91. The number of anilines is 1. The first-order chi connectivity index (χ1) is 12.5. The van der Waals surface area contributed by atoms with E-state index in [4.69, 9.17) is 11.6 Å². The van der Waals surface area contributed by atoms with Gasteiger partial charge in [0.15, 0.2) is 0 Å². The summed E-state index contributed by atoms with van der Waals surface area (Å²) < 4.78 is 2.06. The molecule has 3 rings (SSSR count). The van der Waals surface area contributed by atoms with Crippen LogP contribution in [-0.4, -0.2) is 25.7 Å². The Balaban J connectivity index is 1.76. The number of nitrogens with zero attached hydrogens (tertiary/aromatic N) is 4. The topological polar surface area (TPSA) is 81.8 Å². The number of rotatable bonds is 5. The van der Waals surface area contributed by atoms with Crippen molar-refractivity contribution in [2.24, 2.45) is 0 Å². The van der Waals surface area contributed by atoms with Gasteiger partial charge < -0.3 is 5.32 Å². The van der Waals surface area contributed by atoms with Crippen LogP contribution in [0.15, 0.2) is 53.3 Å². The largest absolute Gasteiger partial charge is 0.369 e. The molecule has 1 aromatic heterocycles. The second-order valence-electron chi connectivity index (χ2n) is 6.11. The van der Waals surface area contributed by atoms with E-state index >= 15 is 0 Å². The average molecular weight is 372 g/mol. The third-order valence-corrected chi connectivity index (χ3v) is 4.17. The van der Waals surface area contributed by atoms with E-state index in [-0.39, 0.29) is 12.5 Å². The Morgan fingerprint density at radius 1 is 1.15 bits per heavy atom. The highest BCUT2D eigenvalue weighted by Gasteiger charge is 2.14. The number of hydrogen-bond acceptors (Lipinski definition) is 4. The lowest BCUT2D eigenvalue weighted by atomic mass is 10.0. The van der Waals surface area contributed by atoms with Gasteiger partial charge in [0, 0.05) is 5.69 Å². The highest BCUT2D eigenvalue weighted by Crippen LogP contribution is 2.19. The SMILES string of the molecule is CC(C)c1cccc(NC(=O)Cn2nnn(-c3ccccc3Cl)c2=O)c1. The molecule has 1 amide bonds. The Morgan fingerprint density at radius 3 is 2.65 bits per heavy atom. The average Bonchev–Trinajstić information content (AvgIpc) is 2.96. The summed E-state index contributed by atoms with van der Waals surface area (Å²) in [7, 11) is 0. The fourth-order valence-electron chi connectivity index (χ4n) is 2.46. The second kappa shape index (κ2) is 7.53. The van der Waals surface area contributed by atoms with Crippen LogP contribution in [0.2, 0.25) is 5.02 Å². The molecule has 3 aromatic rings. The van der Waals surface area contributed by atoms with Gasteiger partial charge in [0.25, 0.3) is 0 Å². The molecule has 8 heteroatoms. The van der Waals surface area contributed by atoms with Crippen LogP contribution in [0.3, 0.4) is 0 Å². The van der Waals surface area contributed by atoms with Crippen LogP contribution < -0.4 is 11.0 Å². The molecule has 0 saturated heterocycles. The zero-order chi connectivity index (χ0) is 18.7. The predicted octanol–water partition coefficient (Wildman–Crippen LogP) is 2.84. The van der Waals surface area contributed by atoms with E-state index in [1.807, 2.05) is 18.2 Å². The Kier molecular flexibility index (Phi) is 5.18. The number of halogens is 1. The van der Waals surface area contributed by atoms with Gasteiger partial charge in [-0.25, -0.2) is 4.79 Å². The molecule has 0 fully saturated rings. The van der Waals surface area contributed by atoms with Crippen molar-refractivity contribution in [3.05, 3.63) is 69.6 Å². The molecule has 2 aromatic carbocycles. The molecule has 0 aliphatic carbocycles. The molecule has 26 heavy (non-hydrogen) atoms. The van der Waals surface area contributed by atoms with Gasteiger partial charge in [-0.05, 0) is 46.2 Å². The molecule has 0 radical (unpaired) electrons. The number of hydrogen-bond donors (Lipinski definition) is 1. The zero-order valence-corrected chi connectivity index (χ0v) is 15.1. The van der Waals surface area contributed by atoms with Crippen LogP contribution in [0.4, 0.5) is 5.69 Å². The monoisotopic (exact) mass is 371 g/mol. The maximum atomic E-state index is 12.4. The van der Waals surface area contributed by atoms with Crippen molar-refractivity contribution in [3.8, 4) is 5.69 Å². The highest BCUT2D eigenvalue weighted by atomic mass is 35.5. The molecule has 0 aliphatic heterocycles. The maximum absolute atomic E-state index is 12.4. The summed E-state index contributed by atoms with van der Waals surface area (Å²) in [5.74, 6) is -0.00999. The number of carbonyl (C=O) groups excluding carboxylic acids is 1. The van der Waals surface area contributed by atoms with E-state index in [0.29, 0.717) is 22.3 Å². The van der Waals surface area contributed by atoms with Crippen LogP contribution in [0.5, 0.6) is 0 Å². The summed E-state index contributed by atoms with van der Waals surface area (Å²) in [5.41, 5.74) is 1.66. The Morgan fingerprint density at radius 2 is 1.92 bits per heavy atom.